The quantitative estimate of drug-likeness (QED) is 0.769. The Hall–Kier alpha value is -2.70. The van der Waals surface area contributed by atoms with Gasteiger partial charge in [0, 0.05) is 18.8 Å². The SMILES string of the molecule is COc1ccc(F)cc1-c1nn(C)c2nc(N)ncc12. The van der Waals surface area contributed by atoms with E-state index < -0.39 is 0 Å². The highest BCUT2D eigenvalue weighted by Crippen LogP contribution is 2.33. The topological polar surface area (TPSA) is 78.8 Å². The van der Waals surface area contributed by atoms with Crippen LogP contribution in [0, 0.1) is 5.82 Å². The molecule has 2 heterocycles. The maximum Gasteiger partial charge on any atom is 0.222 e. The molecule has 20 heavy (non-hydrogen) atoms. The zero-order valence-electron chi connectivity index (χ0n) is 11.0. The standard InChI is InChI=1S/C13H12FN5O/c1-19-12-9(6-16-13(15)17-12)11(18-19)8-5-7(14)3-4-10(8)20-2/h3-6H,1-2H3,(H2,15,16,17). The Morgan fingerprint density at radius 1 is 1.35 bits per heavy atom. The Balaban J connectivity index is 2.33. The van der Waals surface area contributed by atoms with Crippen LogP contribution in [-0.4, -0.2) is 26.9 Å². The number of anilines is 1. The van der Waals surface area contributed by atoms with Gasteiger partial charge in [0.2, 0.25) is 5.95 Å². The summed E-state index contributed by atoms with van der Waals surface area (Å²) in [5, 5.41) is 5.05. The molecule has 0 bridgehead atoms. The lowest BCUT2D eigenvalue weighted by atomic mass is 10.1. The minimum atomic E-state index is -0.365. The van der Waals surface area contributed by atoms with Crippen molar-refractivity contribution in [2.24, 2.45) is 7.05 Å². The molecule has 0 amide bonds. The van der Waals surface area contributed by atoms with Crippen LogP contribution in [0.1, 0.15) is 0 Å². The van der Waals surface area contributed by atoms with Gasteiger partial charge in [-0.2, -0.15) is 10.1 Å². The second kappa shape index (κ2) is 4.44. The van der Waals surface area contributed by atoms with Crippen LogP contribution in [0.25, 0.3) is 22.3 Å². The maximum atomic E-state index is 13.5. The minimum Gasteiger partial charge on any atom is -0.496 e. The third-order valence-corrected chi connectivity index (χ3v) is 3.02. The van der Waals surface area contributed by atoms with Gasteiger partial charge in [-0.15, -0.1) is 0 Å². The number of benzene rings is 1. The number of fused-ring (bicyclic) bond motifs is 1. The molecule has 2 aromatic heterocycles. The number of rotatable bonds is 2. The van der Waals surface area contributed by atoms with Gasteiger partial charge in [-0.1, -0.05) is 0 Å². The van der Waals surface area contributed by atoms with E-state index in [1.165, 1.54) is 19.2 Å². The number of hydrogen-bond donors (Lipinski definition) is 1. The number of nitrogens with zero attached hydrogens (tertiary/aromatic N) is 4. The summed E-state index contributed by atoms with van der Waals surface area (Å²) in [5.41, 5.74) is 7.26. The second-order valence-corrected chi connectivity index (χ2v) is 4.28. The van der Waals surface area contributed by atoms with Crippen LogP contribution in [0.15, 0.2) is 24.4 Å². The van der Waals surface area contributed by atoms with Gasteiger partial charge in [-0.25, -0.2) is 14.1 Å². The monoisotopic (exact) mass is 273 g/mol. The van der Waals surface area contributed by atoms with Gasteiger partial charge < -0.3 is 10.5 Å². The molecular formula is C13H12FN5O. The fourth-order valence-corrected chi connectivity index (χ4v) is 2.12. The van der Waals surface area contributed by atoms with Crippen molar-refractivity contribution >= 4 is 17.0 Å². The molecule has 0 aliphatic carbocycles. The van der Waals surface area contributed by atoms with Crippen LogP contribution in [0.4, 0.5) is 10.3 Å². The average Bonchev–Trinajstić information content (AvgIpc) is 2.75. The highest BCUT2D eigenvalue weighted by Gasteiger charge is 2.17. The number of ether oxygens (including phenoxy) is 1. The third-order valence-electron chi connectivity index (χ3n) is 3.02. The van der Waals surface area contributed by atoms with E-state index in [-0.39, 0.29) is 11.8 Å². The van der Waals surface area contributed by atoms with Gasteiger partial charge in [-0.05, 0) is 18.2 Å². The predicted octanol–water partition coefficient (Wildman–Crippen LogP) is 1.76. The smallest absolute Gasteiger partial charge is 0.222 e. The highest BCUT2D eigenvalue weighted by molar-refractivity contribution is 5.92. The van der Waals surface area contributed by atoms with E-state index in [4.69, 9.17) is 10.5 Å². The number of nitrogens with two attached hydrogens (primary N) is 1. The van der Waals surface area contributed by atoms with E-state index in [1.807, 2.05) is 0 Å². The van der Waals surface area contributed by atoms with Gasteiger partial charge in [-0.3, -0.25) is 0 Å². The third kappa shape index (κ3) is 1.83. The molecule has 0 spiro atoms. The Morgan fingerprint density at radius 3 is 2.90 bits per heavy atom. The summed E-state index contributed by atoms with van der Waals surface area (Å²) in [5.74, 6) is 0.331. The van der Waals surface area contributed by atoms with Crippen molar-refractivity contribution in [2.75, 3.05) is 12.8 Å². The fraction of sp³-hybridized carbons (Fsp3) is 0.154. The normalized spacial score (nSPS) is 10.9. The summed E-state index contributed by atoms with van der Waals surface area (Å²) < 4.78 is 20.3. The predicted molar refractivity (Wildman–Crippen MR) is 72.7 cm³/mol. The first-order valence-electron chi connectivity index (χ1n) is 5.89. The summed E-state index contributed by atoms with van der Waals surface area (Å²) in [6, 6.07) is 4.27. The summed E-state index contributed by atoms with van der Waals surface area (Å²) in [6.45, 7) is 0. The van der Waals surface area contributed by atoms with Crippen LogP contribution in [0.5, 0.6) is 5.75 Å². The minimum absolute atomic E-state index is 0.165. The zero-order valence-corrected chi connectivity index (χ0v) is 11.0. The van der Waals surface area contributed by atoms with Gasteiger partial charge in [0.1, 0.15) is 17.3 Å². The van der Waals surface area contributed by atoms with E-state index >= 15 is 0 Å². The Bertz CT molecular complexity index is 799. The van der Waals surface area contributed by atoms with Gasteiger partial charge in [0.05, 0.1) is 12.5 Å². The molecule has 0 saturated carbocycles. The first kappa shape index (κ1) is 12.3. The van der Waals surface area contributed by atoms with Crippen molar-refractivity contribution in [2.45, 2.75) is 0 Å². The molecule has 1 aromatic carbocycles. The molecule has 0 aliphatic heterocycles. The molecule has 0 saturated heterocycles. The molecule has 6 nitrogen and oxygen atoms in total. The van der Waals surface area contributed by atoms with Crippen LogP contribution in [0.2, 0.25) is 0 Å². The van der Waals surface area contributed by atoms with E-state index in [9.17, 15) is 4.39 Å². The van der Waals surface area contributed by atoms with Crippen molar-refractivity contribution in [3.8, 4) is 17.0 Å². The van der Waals surface area contributed by atoms with Crippen LogP contribution in [0.3, 0.4) is 0 Å². The second-order valence-electron chi connectivity index (χ2n) is 4.28. The zero-order chi connectivity index (χ0) is 14.3. The molecule has 102 valence electrons. The molecule has 3 aromatic rings. The Labute approximate surface area is 114 Å². The molecule has 2 N–H and O–H groups in total. The number of aryl methyl sites for hydroxylation is 1. The van der Waals surface area contributed by atoms with Gasteiger partial charge in [0.25, 0.3) is 0 Å². The number of nitrogen functional groups attached to an aromatic ring is 1. The fourth-order valence-electron chi connectivity index (χ4n) is 2.12. The van der Waals surface area contributed by atoms with Crippen LogP contribution in [-0.2, 0) is 7.05 Å². The van der Waals surface area contributed by atoms with Crippen LogP contribution < -0.4 is 10.5 Å². The first-order valence-corrected chi connectivity index (χ1v) is 5.89. The van der Waals surface area contributed by atoms with Crippen molar-refractivity contribution in [1.82, 2.24) is 19.7 Å². The number of hydrogen-bond acceptors (Lipinski definition) is 5. The Kier molecular flexibility index (Phi) is 2.74. The van der Waals surface area contributed by atoms with E-state index in [0.29, 0.717) is 28.0 Å². The van der Waals surface area contributed by atoms with E-state index in [0.717, 1.165) is 0 Å². The summed E-state index contributed by atoms with van der Waals surface area (Å²) in [6.07, 6.45) is 1.57. The van der Waals surface area contributed by atoms with Crippen molar-refractivity contribution in [1.29, 1.82) is 0 Å². The Morgan fingerprint density at radius 2 is 2.15 bits per heavy atom. The van der Waals surface area contributed by atoms with Gasteiger partial charge >= 0.3 is 0 Å². The van der Waals surface area contributed by atoms with Crippen LogP contribution >= 0.6 is 0 Å². The van der Waals surface area contributed by atoms with E-state index in [2.05, 4.69) is 15.1 Å². The summed E-state index contributed by atoms with van der Waals surface area (Å²) in [4.78, 5) is 8.10. The molecule has 0 radical (unpaired) electrons. The lowest BCUT2D eigenvalue weighted by Crippen LogP contribution is -1.97. The van der Waals surface area contributed by atoms with Crippen molar-refractivity contribution < 1.29 is 9.13 Å². The molecule has 3 rings (SSSR count). The molecular weight excluding hydrogens is 261 g/mol. The number of halogens is 1. The molecule has 7 heteroatoms. The van der Waals surface area contributed by atoms with Gasteiger partial charge in [0.15, 0.2) is 5.65 Å². The number of methoxy groups -OCH3 is 1. The molecule has 0 unspecified atom stereocenters. The first-order chi connectivity index (χ1) is 9.60. The highest BCUT2D eigenvalue weighted by atomic mass is 19.1. The largest absolute Gasteiger partial charge is 0.496 e. The lowest BCUT2D eigenvalue weighted by molar-refractivity contribution is 0.415. The van der Waals surface area contributed by atoms with Crippen molar-refractivity contribution in [3.05, 3.63) is 30.2 Å². The molecule has 0 atom stereocenters. The summed E-state index contributed by atoms with van der Waals surface area (Å²) in [7, 11) is 3.26. The molecule has 0 aliphatic rings. The lowest BCUT2D eigenvalue weighted by Gasteiger charge is -2.06. The maximum absolute atomic E-state index is 13.5. The molecule has 0 fully saturated rings. The number of aromatic nitrogens is 4. The van der Waals surface area contributed by atoms with Crippen molar-refractivity contribution in [3.63, 3.8) is 0 Å². The van der Waals surface area contributed by atoms with E-state index in [1.54, 1.807) is 24.0 Å². The summed E-state index contributed by atoms with van der Waals surface area (Å²) >= 11 is 0. The average molecular weight is 273 g/mol.